The summed E-state index contributed by atoms with van der Waals surface area (Å²) in [6, 6.07) is 24.0. The lowest BCUT2D eigenvalue weighted by Gasteiger charge is -2.32. The smallest absolute Gasteiger partial charge is 0.264 e. The normalized spacial score (nSPS) is 12.1. The van der Waals surface area contributed by atoms with Crippen LogP contribution in [-0.2, 0) is 26.0 Å². The number of hydrogen-bond donors (Lipinski definition) is 1. The van der Waals surface area contributed by atoms with Gasteiger partial charge in [-0.25, -0.2) is 8.42 Å². The highest BCUT2D eigenvalue weighted by Crippen LogP contribution is 2.24. The van der Waals surface area contributed by atoms with Crippen molar-refractivity contribution in [3.05, 3.63) is 96.1 Å². The Morgan fingerprint density at radius 3 is 2.00 bits per heavy atom. The molecule has 0 bridgehead atoms. The summed E-state index contributed by atoms with van der Waals surface area (Å²) in [5.41, 5.74) is 2.33. The molecule has 0 unspecified atom stereocenters. The van der Waals surface area contributed by atoms with Gasteiger partial charge in [0.1, 0.15) is 12.6 Å². The highest BCUT2D eigenvalue weighted by molar-refractivity contribution is 7.92. The molecule has 0 saturated heterocycles. The van der Waals surface area contributed by atoms with Gasteiger partial charge in [0.15, 0.2) is 0 Å². The van der Waals surface area contributed by atoms with E-state index in [0.717, 1.165) is 15.4 Å². The molecule has 38 heavy (non-hydrogen) atoms. The van der Waals surface area contributed by atoms with Crippen LogP contribution < -0.4 is 9.62 Å². The van der Waals surface area contributed by atoms with Gasteiger partial charge in [-0.1, -0.05) is 80.1 Å². The van der Waals surface area contributed by atoms with E-state index in [2.05, 4.69) is 5.32 Å². The average Bonchev–Trinajstić information content (AvgIpc) is 2.91. The van der Waals surface area contributed by atoms with Gasteiger partial charge in [-0.2, -0.15) is 0 Å². The highest BCUT2D eigenvalue weighted by Gasteiger charge is 2.32. The molecule has 3 rings (SSSR count). The van der Waals surface area contributed by atoms with Crippen LogP contribution in [0.15, 0.2) is 89.8 Å². The number of benzene rings is 3. The van der Waals surface area contributed by atoms with Crippen LogP contribution in [0.2, 0.25) is 0 Å². The summed E-state index contributed by atoms with van der Waals surface area (Å²) in [6.07, 6.45) is 0.532. The van der Waals surface area contributed by atoms with E-state index in [4.69, 9.17) is 0 Å². The van der Waals surface area contributed by atoms with Gasteiger partial charge in [-0.15, -0.1) is 0 Å². The van der Waals surface area contributed by atoms with Crippen molar-refractivity contribution >= 4 is 27.5 Å². The van der Waals surface area contributed by atoms with Crippen LogP contribution >= 0.6 is 0 Å². The van der Waals surface area contributed by atoms with Gasteiger partial charge in [0.05, 0.1) is 10.6 Å². The number of hydrogen-bond acceptors (Lipinski definition) is 4. The van der Waals surface area contributed by atoms with Crippen molar-refractivity contribution < 1.29 is 18.0 Å². The largest absolute Gasteiger partial charge is 0.354 e. The van der Waals surface area contributed by atoms with Crippen LogP contribution in [0.5, 0.6) is 0 Å². The van der Waals surface area contributed by atoms with Crippen LogP contribution in [-0.4, -0.2) is 50.8 Å². The molecular formula is C30H37N3O4S. The number of carbonyl (C=O) groups is 2. The van der Waals surface area contributed by atoms with E-state index in [-0.39, 0.29) is 23.3 Å². The predicted octanol–water partition coefficient (Wildman–Crippen LogP) is 4.42. The van der Waals surface area contributed by atoms with Crippen molar-refractivity contribution in [2.24, 2.45) is 5.92 Å². The third-order valence-electron chi connectivity index (χ3n) is 6.27. The van der Waals surface area contributed by atoms with Gasteiger partial charge in [0.2, 0.25) is 11.8 Å². The Kier molecular flexibility index (Phi) is 10.1. The Balaban J connectivity index is 1.93. The fourth-order valence-electron chi connectivity index (χ4n) is 3.98. The number of nitrogens with one attached hydrogen (secondary N) is 1. The molecule has 0 spiro atoms. The van der Waals surface area contributed by atoms with Crippen LogP contribution in [0.25, 0.3) is 0 Å². The summed E-state index contributed by atoms with van der Waals surface area (Å²) in [6.45, 7) is 7.88. The minimum atomic E-state index is -4.05. The third-order valence-corrected chi connectivity index (χ3v) is 8.06. The fourth-order valence-corrected chi connectivity index (χ4v) is 5.40. The fraction of sp³-hybridized carbons (Fsp3) is 0.333. The van der Waals surface area contributed by atoms with Crippen molar-refractivity contribution in [2.45, 2.75) is 45.1 Å². The Bertz CT molecular complexity index is 1290. The quantitative estimate of drug-likeness (QED) is 0.372. The zero-order valence-electron chi connectivity index (χ0n) is 22.5. The second kappa shape index (κ2) is 13.2. The number of anilines is 1. The minimum absolute atomic E-state index is 0.0957. The molecular weight excluding hydrogens is 498 g/mol. The average molecular weight is 536 g/mol. The van der Waals surface area contributed by atoms with Gasteiger partial charge < -0.3 is 10.2 Å². The van der Waals surface area contributed by atoms with Gasteiger partial charge in [-0.3, -0.25) is 13.9 Å². The molecule has 0 aliphatic rings. The van der Waals surface area contributed by atoms with Crippen molar-refractivity contribution in [3.8, 4) is 0 Å². The molecule has 0 radical (unpaired) electrons. The molecule has 0 heterocycles. The number of rotatable bonds is 12. The molecule has 8 heteroatoms. The van der Waals surface area contributed by atoms with Gasteiger partial charge >= 0.3 is 0 Å². The molecule has 0 aliphatic heterocycles. The highest BCUT2D eigenvalue weighted by atomic mass is 32.2. The summed E-state index contributed by atoms with van der Waals surface area (Å²) in [7, 11) is -4.05. The molecule has 3 aromatic carbocycles. The molecule has 0 aliphatic carbocycles. The van der Waals surface area contributed by atoms with Crippen LogP contribution in [0.4, 0.5) is 5.69 Å². The van der Waals surface area contributed by atoms with Crippen molar-refractivity contribution in [2.75, 3.05) is 23.9 Å². The first-order valence-corrected chi connectivity index (χ1v) is 14.3. The topological polar surface area (TPSA) is 86.8 Å². The number of sulfonamides is 1. The van der Waals surface area contributed by atoms with E-state index >= 15 is 0 Å². The monoisotopic (exact) mass is 535 g/mol. The van der Waals surface area contributed by atoms with Crippen LogP contribution in [0.3, 0.4) is 0 Å². The van der Waals surface area contributed by atoms with Gasteiger partial charge in [0, 0.05) is 13.1 Å². The number of nitrogens with zero attached hydrogens (tertiary/aromatic N) is 2. The number of para-hydroxylation sites is 1. The van der Waals surface area contributed by atoms with Gasteiger partial charge in [0.25, 0.3) is 10.0 Å². The summed E-state index contributed by atoms with van der Waals surface area (Å²) < 4.78 is 28.6. The first-order chi connectivity index (χ1) is 18.1. The molecule has 3 aromatic rings. The van der Waals surface area contributed by atoms with Gasteiger partial charge in [-0.05, 0) is 56.0 Å². The molecule has 0 aromatic heterocycles. The molecule has 202 valence electrons. The molecule has 0 saturated carbocycles. The van der Waals surface area contributed by atoms with E-state index in [0.29, 0.717) is 18.7 Å². The second-order valence-electron chi connectivity index (χ2n) is 9.80. The SMILES string of the molecule is Cc1ccc(S(=O)(=O)N(CC(=O)N(CCc2ccccc2)[C@H](C)C(=O)NCC(C)C)c2ccccc2)cc1. The molecule has 7 nitrogen and oxygen atoms in total. The van der Waals surface area contributed by atoms with E-state index in [9.17, 15) is 18.0 Å². The Labute approximate surface area is 226 Å². The van der Waals surface area contributed by atoms with Crippen molar-refractivity contribution in [1.29, 1.82) is 0 Å². The Morgan fingerprint density at radius 1 is 0.842 bits per heavy atom. The maximum atomic E-state index is 13.8. The molecule has 2 amide bonds. The molecule has 0 fully saturated rings. The summed E-state index contributed by atoms with van der Waals surface area (Å²) in [5, 5.41) is 2.90. The maximum absolute atomic E-state index is 13.8. The number of aryl methyl sites for hydroxylation is 1. The van der Waals surface area contributed by atoms with E-state index in [1.165, 1.54) is 4.90 Å². The van der Waals surface area contributed by atoms with Crippen LogP contribution in [0.1, 0.15) is 31.9 Å². The zero-order valence-corrected chi connectivity index (χ0v) is 23.3. The number of carbonyl (C=O) groups excluding carboxylic acids is 2. The lowest BCUT2D eigenvalue weighted by atomic mass is 10.1. The third kappa shape index (κ3) is 7.68. The first-order valence-electron chi connectivity index (χ1n) is 12.8. The minimum Gasteiger partial charge on any atom is -0.354 e. The standard InChI is InChI=1S/C30H37N3O4S/c1-23(2)21-31-30(35)25(4)32(20-19-26-11-7-5-8-12-26)29(34)22-33(27-13-9-6-10-14-27)38(36,37)28-17-15-24(3)16-18-28/h5-18,23,25H,19-22H2,1-4H3,(H,31,35)/t25-/m1/s1. The van der Waals surface area contributed by atoms with E-state index < -0.39 is 28.5 Å². The molecule has 1 N–H and O–H groups in total. The van der Waals surface area contributed by atoms with Crippen molar-refractivity contribution in [1.82, 2.24) is 10.2 Å². The summed E-state index contributed by atoms with van der Waals surface area (Å²) in [5.74, 6) is -0.465. The lowest BCUT2D eigenvalue weighted by Crippen LogP contribution is -2.52. The lowest BCUT2D eigenvalue weighted by molar-refractivity contribution is -0.138. The van der Waals surface area contributed by atoms with E-state index in [1.54, 1.807) is 61.5 Å². The summed E-state index contributed by atoms with van der Waals surface area (Å²) in [4.78, 5) is 28.3. The number of amides is 2. The Hall–Kier alpha value is -3.65. The van der Waals surface area contributed by atoms with E-state index in [1.807, 2.05) is 51.1 Å². The predicted molar refractivity (Wildman–Crippen MR) is 151 cm³/mol. The second-order valence-corrected chi connectivity index (χ2v) is 11.7. The van der Waals surface area contributed by atoms with Crippen molar-refractivity contribution in [3.63, 3.8) is 0 Å². The first kappa shape index (κ1) is 28.9. The van der Waals surface area contributed by atoms with Crippen LogP contribution in [0, 0.1) is 12.8 Å². The Morgan fingerprint density at radius 2 is 1.42 bits per heavy atom. The molecule has 1 atom stereocenters. The zero-order chi connectivity index (χ0) is 27.7. The summed E-state index contributed by atoms with van der Waals surface area (Å²) >= 11 is 0. The maximum Gasteiger partial charge on any atom is 0.264 e.